The number of methoxy groups -OCH3 is 1. The summed E-state index contributed by atoms with van der Waals surface area (Å²) < 4.78 is 19.1. The fourth-order valence-electron chi connectivity index (χ4n) is 10.1. The van der Waals surface area contributed by atoms with Crippen LogP contribution in [-0.4, -0.2) is 37.8 Å². The highest BCUT2D eigenvalue weighted by Crippen LogP contribution is 2.69. The van der Waals surface area contributed by atoms with E-state index in [9.17, 15) is 0 Å². The van der Waals surface area contributed by atoms with Crippen LogP contribution in [0.4, 0.5) is 0 Å². The lowest BCUT2D eigenvalue weighted by atomic mass is 9.43. The summed E-state index contributed by atoms with van der Waals surface area (Å²) in [6, 6.07) is 0. The molecule has 0 N–H and O–H groups in total. The van der Waals surface area contributed by atoms with E-state index in [1.165, 1.54) is 51.4 Å². The minimum absolute atomic E-state index is 0.273. The second kappa shape index (κ2) is 10.5. The molecule has 5 nitrogen and oxygen atoms in total. The van der Waals surface area contributed by atoms with Gasteiger partial charge in [0, 0.05) is 26.6 Å². The Labute approximate surface area is 240 Å². The van der Waals surface area contributed by atoms with E-state index in [1.807, 2.05) is 14.0 Å². The molecule has 222 valence electrons. The van der Waals surface area contributed by atoms with Gasteiger partial charge in [-0.3, -0.25) is 0 Å². The van der Waals surface area contributed by atoms with Crippen LogP contribution in [0.2, 0.25) is 18.1 Å². The van der Waals surface area contributed by atoms with E-state index < -0.39 is 8.32 Å². The highest BCUT2D eigenvalue weighted by atomic mass is 28.4. The second-order valence-corrected chi connectivity index (χ2v) is 21.0. The molecule has 0 radical (unpaired) electrons. The van der Waals surface area contributed by atoms with Crippen LogP contribution in [0, 0.1) is 53.3 Å². The van der Waals surface area contributed by atoms with Crippen LogP contribution in [0.1, 0.15) is 111 Å². The predicted molar refractivity (Wildman–Crippen MR) is 160 cm³/mol. The van der Waals surface area contributed by atoms with Gasteiger partial charge in [-0.1, -0.05) is 41.5 Å². The van der Waals surface area contributed by atoms with E-state index in [1.54, 1.807) is 0 Å². The molecule has 5 rings (SSSR count). The smallest absolute Gasteiger partial charge is 0.216 e. The fraction of sp³-hybridized carbons (Fsp3) is 0.939. The summed E-state index contributed by atoms with van der Waals surface area (Å²) in [6.07, 6.45) is 13.5. The number of aryl methyl sites for hydroxylation is 2. The molecular formula is C33H58N2O3Si. The zero-order valence-electron chi connectivity index (χ0n) is 26.8. The highest BCUT2D eigenvalue weighted by molar-refractivity contribution is 6.74. The number of hydrogen-bond acceptors (Lipinski definition) is 5. The van der Waals surface area contributed by atoms with Crippen molar-refractivity contribution in [2.24, 2.45) is 46.3 Å². The van der Waals surface area contributed by atoms with Gasteiger partial charge >= 0.3 is 0 Å². The number of rotatable bonds is 7. The molecule has 6 heteroatoms. The Morgan fingerprint density at radius 2 is 1.69 bits per heavy atom. The van der Waals surface area contributed by atoms with Crippen LogP contribution < -0.4 is 0 Å². The van der Waals surface area contributed by atoms with Crippen molar-refractivity contribution in [2.75, 3.05) is 7.11 Å². The van der Waals surface area contributed by atoms with E-state index in [4.69, 9.17) is 13.6 Å². The topological polar surface area (TPSA) is 57.4 Å². The van der Waals surface area contributed by atoms with Gasteiger partial charge in [0.2, 0.25) is 11.8 Å². The standard InChI is InChI=1S/C33H58N2O3Si/c1-21(11-14-29-35-34-22(2)37-29)25-12-13-26-30-27(16-18-33(25,26)7)32(6)17-15-24(19-23(32)20-28(30)36-8)38-39(9,10)31(3,4)5/h21,23-28,30H,11-20H2,1-10H3/t21?,23-,24+,25+,26-,27-,28+,30-,32-,33+/m0/s1. The van der Waals surface area contributed by atoms with Crippen molar-refractivity contribution in [3.63, 3.8) is 0 Å². The Kier molecular flexibility index (Phi) is 8.03. The van der Waals surface area contributed by atoms with Crippen LogP contribution in [-0.2, 0) is 15.6 Å². The third-order valence-electron chi connectivity index (χ3n) is 13.3. The number of fused-ring (bicyclic) bond motifs is 5. The molecule has 4 aliphatic carbocycles. The molecule has 0 aromatic carbocycles. The minimum Gasteiger partial charge on any atom is -0.426 e. The number of hydrogen-bond donors (Lipinski definition) is 0. The lowest BCUT2D eigenvalue weighted by molar-refractivity contribution is -0.180. The summed E-state index contributed by atoms with van der Waals surface area (Å²) in [5.41, 5.74) is 0.863. The summed E-state index contributed by atoms with van der Waals surface area (Å²) in [5, 5.41) is 8.57. The van der Waals surface area contributed by atoms with Gasteiger partial charge in [-0.25, -0.2) is 0 Å². The maximum Gasteiger partial charge on any atom is 0.216 e. The highest BCUT2D eigenvalue weighted by Gasteiger charge is 2.63. The summed E-state index contributed by atoms with van der Waals surface area (Å²) >= 11 is 0. The van der Waals surface area contributed by atoms with Gasteiger partial charge in [-0.2, -0.15) is 0 Å². The van der Waals surface area contributed by atoms with Crippen LogP contribution in [0.5, 0.6) is 0 Å². The lowest BCUT2D eigenvalue weighted by Gasteiger charge is -2.63. The molecule has 0 spiro atoms. The molecule has 0 bridgehead atoms. The quantitative estimate of drug-likeness (QED) is 0.314. The largest absolute Gasteiger partial charge is 0.426 e. The van der Waals surface area contributed by atoms with Gasteiger partial charge in [0.1, 0.15) is 0 Å². The first kappa shape index (κ1) is 29.8. The predicted octanol–water partition coefficient (Wildman–Crippen LogP) is 8.62. The molecule has 0 aliphatic heterocycles. The fourth-order valence-corrected chi connectivity index (χ4v) is 11.5. The minimum atomic E-state index is -1.75. The Morgan fingerprint density at radius 1 is 1.00 bits per heavy atom. The van der Waals surface area contributed by atoms with E-state index in [0.717, 1.165) is 42.4 Å². The Balaban J connectivity index is 1.30. The molecule has 0 amide bonds. The SMILES string of the molecule is CO[C@@H]1C[C@@H]2C[C@H](O[Si](C)(C)C(C)(C)C)CC[C@]2(C)[C@H]2CC[C@]3(C)[C@@H](C(C)CCc4nnc(C)o4)CC[C@H]3[C@H]12. The molecule has 1 heterocycles. The zero-order valence-corrected chi connectivity index (χ0v) is 27.8. The van der Waals surface area contributed by atoms with Crippen molar-refractivity contribution in [1.29, 1.82) is 0 Å². The van der Waals surface area contributed by atoms with Gasteiger partial charge in [0.15, 0.2) is 8.32 Å². The van der Waals surface area contributed by atoms with Gasteiger partial charge in [0.25, 0.3) is 0 Å². The molecule has 4 aliphatic rings. The average Bonchev–Trinajstić information content (AvgIpc) is 3.43. The molecule has 1 aromatic heterocycles. The first-order valence-corrected chi connectivity index (χ1v) is 19.1. The molecule has 10 atom stereocenters. The molecule has 4 saturated carbocycles. The Bertz CT molecular complexity index is 1000. The molecule has 1 unspecified atom stereocenters. The van der Waals surface area contributed by atoms with E-state index in [-0.39, 0.29) is 5.04 Å². The first-order valence-electron chi connectivity index (χ1n) is 16.2. The second-order valence-electron chi connectivity index (χ2n) is 16.2. The third-order valence-corrected chi connectivity index (χ3v) is 17.9. The van der Waals surface area contributed by atoms with Crippen LogP contribution in [0.15, 0.2) is 4.42 Å². The van der Waals surface area contributed by atoms with Crippen molar-refractivity contribution in [1.82, 2.24) is 10.2 Å². The van der Waals surface area contributed by atoms with Gasteiger partial charge in [-0.15, -0.1) is 10.2 Å². The molecule has 1 aromatic rings. The first-order chi connectivity index (χ1) is 18.2. The van der Waals surface area contributed by atoms with E-state index in [2.05, 4.69) is 64.8 Å². The number of aromatic nitrogens is 2. The van der Waals surface area contributed by atoms with Crippen molar-refractivity contribution >= 4 is 8.32 Å². The number of ether oxygens (including phenoxy) is 1. The molecule has 0 saturated heterocycles. The van der Waals surface area contributed by atoms with Crippen LogP contribution in [0.25, 0.3) is 0 Å². The Morgan fingerprint density at radius 3 is 2.33 bits per heavy atom. The monoisotopic (exact) mass is 558 g/mol. The van der Waals surface area contributed by atoms with E-state index in [0.29, 0.717) is 40.8 Å². The summed E-state index contributed by atoms with van der Waals surface area (Å²) in [5.74, 6) is 5.97. The van der Waals surface area contributed by atoms with Crippen molar-refractivity contribution in [3.05, 3.63) is 11.8 Å². The van der Waals surface area contributed by atoms with Gasteiger partial charge in [0.05, 0.1) is 6.10 Å². The number of nitrogens with zero attached hydrogens (tertiary/aromatic N) is 2. The normalized spacial score (nSPS) is 41.5. The van der Waals surface area contributed by atoms with Crippen molar-refractivity contribution in [2.45, 2.75) is 143 Å². The maximum absolute atomic E-state index is 7.01. The van der Waals surface area contributed by atoms with Crippen molar-refractivity contribution in [3.8, 4) is 0 Å². The summed E-state index contributed by atoms with van der Waals surface area (Å²) in [7, 11) is 0.253. The molecule has 39 heavy (non-hydrogen) atoms. The lowest BCUT2D eigenvalue weighted by Crippen LogP contribution is -2.59. The van der Waals surface area contributed by atoms with E-state index >= 15 is 0 Å². The maximum atomic E-state index is 7.01. The summed E-state index contributed by atoms with van der Waals surface area (Å²) in [6.45, 7) is 21.7. The third kappa shape index (κ3) is 5.22. The van der Waals surface area contributed by atoms with Crippen molar-refractivity contribution < 1.29 is 13.6 Å². The van der Waals surface area contributed by atoms with Crippen LogP contribution >= 0.6 is 0 Å². The Hall–Kier alpha value is -0.723. The van der Waals surface area contributed by atoms with Crippen LogP contribution in [0.3, 0.4) is 0 Å². The molecular weight excluding hydrogens is 500 g/mol. The van der Waals surface area contributed by atoms with Gasteiger partial charge in [-0.05, 0) is 122 Å². The molecule has 4 fully saturated rings. The van der Waals surface area contributed by atoms with Gasteiger partial charge < -0.3 is 13.6 Å². The average molecular weight is 559 g/mol. The summed E-state index contributed by atoms with van der Waals surface area (Å²) in [4.78, 5) is 0. The zero-order chi connectivity index (χ0) is 28.4.